The van der Waals surface area contributed by atoms with E-state index >= 15 is 0 Å². The van der Waals surface area contributed by atoms with Crippen LogP contribution < -0.4 is 4.74 Å². The van der Waals surface area contributed by atoms with Crippen LogP contribution in [0.4, 0.5) is 0 Å². The lowest BCUT2D eigenvalue weighted by molar-refractivity contribution is 0.0600. The maximum Gasteiger partial charge on any atom is 0.342 e. The first-order chi connectivity index (χ1) is 8.51. The molecule has 0 bridgehead atoms. The third-order valence-corrected chi connectivity index (χ3v) is 2.66. The van der Waals surface area contributed by atoms with Crippen molar-refractivity contribution in [2.75, 3.05) is 14.2 Å². The van der Waals surface area contributed by atoms with Gasteiger partial charge in [-0.1, -0.05) is 0 Å². The predicted octanol–water partition coefficient (Wildman–Crippen LogP) is 1.95. The quantitative estimate of drug-likeness (QED) is 0.627. The molecule has 0 spiro atoms. The van der Waals surface area contributed by atoms with Crippen molar-refractivity contribution in [1.29, 1.82) is 0 Å². The third kappa shape index (κ3) is 1.54. The number of furan rings is 1. The fourth-order valence-electron chi connectivity index (χ4n) is 1.84. The van der Waals surface area contributed by atoms with Crippen LogP contribution in [0.25, 0.3) is 11.0 Å². The molecule has 0 amide bonds. The Bertz CT molecular complexity index is 625. The Kier molecular flexibility index (Phi) is 2.78. The smallest absolute Gasteiger partial charge is 0.342 e. The van der Waals surface area contributed by atoms with Gasteiger partial charge in [-0.2, -0.15) is 0 Å². The maximum atomic E-state index is 11.7. The average Bonchev–Trinajstić information content (AvgIpc) is 2.71. The number of methoxy groups -OCH3 is 2. The summed E-state index contributed by atoms with van der Waals surface area (Å²) in [6.07, 6.45) is 0. The van der Waals surface area contributed by atoms with Crippen LogP contribution in [-0.2, 0) is 4.74 Å². The molecule has 0 unspecified atom stereocenters. The average molecular weight is 252 g/mol. The van der Waals surface area contributed by atoms with E-state index in [4.69, 9.17) is 9.15 Å². The molecule has 0 saturated carbocycles. The normalized spacial score (nSPS) is 10.6. The Hall–Kier alpha value is -2.37. The van der Waals surface area contributed by atoms with Gasteiger partial charge in [0.05, 0.1) is 19.6 Å². The highest BCUT2D eigenvalue weighted by Gasteiger charge is 2.26. The number of hydrogen-bond acceptors (Lipinski definition) is 6. The van der Waals surface area contributed by atoms with Crippen molar-refractivity contribution in [2.24, 2.45) is 0 Å². The summed E-state index contributed by atoms with van der Waals surface area (Å²) in [5.74, 6) is -0.865. The van der Waals surface area contributed by atoms with Crippen LogP contribution in [0, 0.1) is 6.92 Å². The van der Waals surface area contributed by atoms with E-state index in [0.717, 1.165) is 0 Å². The highest BCUT2D eigenvalue weighted by atomic mass is 16.5. The Morgan fingerprint density at radius 1 is 1.33 bits per heavy atom. The molecule has 6 heteroatoms. The van der Waals surface area contributed by atoms with Crippen molar-refractivity contribution < 1.29 is 28.9 Å². The van der Waals surface area contributed by atoms with Gasteiger partial charge in [-0.25, -0.2) is 4.79 Å². The molecule has 0 radical (unpaired) electrons. The number of esters is 1. The Morgan fingerprint density at radius 2 is 2.00 bits per heavy atom. The number of carbonyl (C=O) groups is 1. The first kappa shape index (κ1) is 12.1. The Balaban J connectivity index is 2.91. The van der Waals surface area contributed by atoms with Gasteiger partial charge in [-0.15, -0.1) is 0 Å². The van der Waals surface area contributed by atoms with Gasteiger partial charge in [-0.05, 0) is 6.92 Å². The van der Waals surface area contributed by atoms with Gasteiger partial charge in [0.1, 0.15) is 11.3 Å². The van der Waals surface area contributed by atoms with Crippen molar-refractivity contribution >= 4 is 16.9 Å². The lowest BCUT2D eigenvalue weighted by atomic mass is 10.1. The maximum absolute atomic E-state index is 11.7. The number of phenolic OH excluding ortho intramolecular Hbond substituents is 2. The zero-order valence-corrected chi connectivity index (χ0v) is 10.1. The minimum absolute atomic E-state index is 0.0196. The van der Waals surface area contributed by atoms with Crippen molar-refractivity contribution in [3.8, 4) is 17.2 Å². The second kappa shape index (κ2) is 4.14. The standard InChI is InChI=1S/C12H12O6/c1-5-8(12(15)17-3)9-10(14)7(16-2)4-6(13)11(9)18-5/h4,13-14H,1-3H3. The summed E-state index contributed by atoms with van der Waals surface area (Å²) in [5.41, 5.74) is 0.0883. The van der Waals surface area contributed by atoms with Gasteiger partial charge >= 0.3 is 5.97 Å². The lowest BCUT2D eigenvalue weighted by Crippen LogP contribution is -2.02. The molecule has 0 aliphatic rings. The molecule has 0 saturated heterocycles. The number of aryl methyl sites for hydroxylation is 1. The third-order valence-electron chi connectivity index (χ3n) is 2.66. The molecular formula is C12H12O6. The molecule has 0 atom stereocenters. The van der Waals surface area contributed by atoms with E-state index in [-0.39, 0.29) is 39.5 Å². The zero-order valence-electron chi connectivity index (χ0n) is 10.1. The highest BCUT2D eigenvalue weighted by molar-refractivity contribution is 6.09. The van der Waals surface area contributed by atoms with Crippen molar-refractivity contribution in [3.63, 3.8) is 0 Å². The zero-order chi connectivity index (χ0) is 13.4. The minimum atomic E-state index is -0.658. The number of rotatable bonds is 2. The molecule has 18 heavy (non-hydrogen) atoms. The lowest BCUT2D eigenvalue weighted by Gasteiger charge is -2.05. The van der Waals surface area contributed by atoms with Crippen LogP contribution in [0.15, 0.2) is 10.5 Å². The fourth-order valence-corrected chi connectivity index (χ4v) is 1.84. The summed E-state index contributed by atoms with van der Waals surface area (Å²) in [4.78, 5) is 11.7. The Morgan fingerprint density at radius 3 is 2.56 bits per heavy atom. The van der Waals surface area contributed by atoms with Crippen molar-refractivity contribution in [2.45, 2.75) is 6.92 Å². The van der Waals surface area contributed by atoms with E-state index in [0.29, 0.717) is 0 Å². The largest absolute Gasteiger partial charge is 0.504 e. The monoisotopic (exact) mass is 252 g/mol. The molecule has 1 aromatic carbocycles. The molecule has 6 nitrogen and oxygen atoms in total. The van der Waals surface area contributed by atoms with Gasteiger partial charge in [0.25, 0.3) is 0 Å². The topological polar surface area (TPSA) is 89.1 Å². The highest BCUT2D eigenvalue weighted by Crippen LogP contribution is 2.44. The van der Waals surface area contributed by atoms with Crippen LogP contribution in [-0.4, -0.2) is 30.4 Å². The van der Waals surface area contributed by atoms with E-state index in [2.05, 4.69) is 4.74 Å². The number of carbonyl (C=O) groups excluding carboxylic acids is 1. The molecule has 0 aliphatic carbocycles. The molecular weight excluding hydrogens is 240 g/mol. The van der Waals surface area contributed by atoms with Gasteiger partial charge in [0, 0.05) is 6.07 Å². The summed E-state index contributed by atoms with van der Waals surface area (Å²) in [6, 6.07) is 1.21. The van der Waals surface area contributed by atoms with Gasteiger partial charge in [-0.3, -0.25) is 0 Å². The van der Waals surface area contributed by atoms with Gasteiger partial charge in [0.15, 0.2) is 22.8 Å². The Labute approximate surface area is 102 Å². The van der Waals surface area contributed by atoms with Crippen LogP contribution in [0.2, 0.25) is 0 Å². The number of aromatic hydroxyl groups is 2. The van der Waals surface area contributed by atoms with E-state index < -0.39 is 5.97 Å². The van der Waals surface area contributed by atoms with Crippen LogP contribution in [0.3, 0.4) is 0 Å². The second-order valence-corrected chi connectivity index (χ2v) is 3.68. The van der Waals surface area contributed by atoms with Crippen LogP contribution in [0.5, 0.6) is 17.2 Å². The summed E-state index contributed by atoms with van der Waals surface area (Å²) >= 11 is 0. The molecule has 2 rings (SSSR count). The number of ether oxygens (including phenoxy) is 2. The van der Waals surface area contributed by atoms with Crippen molar-refractivity contribution in [1.82, 2.24) is 0 Å². The van der Waals surface area contributed by atoms with Crippen LogP contribution in [0.1, 0.15) is 16.1 Å². The molecule has 1 aromatic heterocycles. The molecule has 1 heterocycles. The SMILES string of the molecule is COC(=O)c1c(C)oc2c(O)cc(OC)c(O)c12. The van der Waals surface area contributed by atoms with Crippen molar-refractivity contribution in [3.05, 3.63) is 17.4 Å². The summed E-state index contributed by atoms with van der Waals surface area (Å²) in [5, 5.41) is 19.9. The van der Waals surface area contributed by atoms with E-state index in [1.807, 2.05) is 0 Å². The molecule has 2 N–H and O–H groups in total. The van der Waals surface area contributed by atoms with E-state index in [9.17, 15) is 15.0 Å². The van der Waals surface area contributed by atoms with Crippen LogP contribution >= 0.6 is 0 Å². The van der Waals surface area contributed by atoms with E-state index in [1.165, 1.54) is 27.2 Å². The molecule has 2 aromatic rings. The van der Waals surface area contributed by atoms with E-state index in [1.54, 1.807) is 0 Å². The number of fused-ring (bicyclic) bond motifs is 1. The van der Waals surface area contributed by atoms with Gasteiger partial charge < -0.3 is 24.1 Å². The number of phenols is 2. The number of hydrogen-bond donors (Lipinski definition) is 2. The number of benzene rings is 1. The molecule has 0 aliphatic heterocycles. The summed E-state index contributed by atoms with van der Waals surface area (Å²) in [7, 11) is 2.56. The minimum Gasteiger partial charge on any atom is -0.504 e. The molecule has 0 fully saturated rings. The fraction of sp³-hybridized carbons (Fsp3) is 0.250. The second-order valence-electron chi connectivity index (χ2n) is 3.68. The first-order valence-electron chi connectivity index (χ1n) is 5.11. The first-order valence-corrected chi connectivity index (χ1v) is 5.11. The summed E-state index contributed by atoms with van der Waals surface area (Å²) in [6.45, 7) is 1.54. The summed E-state index contributed by atoms with van der Waals surface area (Å²) < 4.78 is 14.8. The van der Waals surface area contributed by atoms with Gasteiger partial charge in [0.2, 0.25) is 0 Å². The molecule has 96 valence electrons. The predicted molar refractivity (Wildman–Crippen MR) is 62.2 cm³/mol.